The Morgan fingerprint density at radius 2 is 1.83 bits per heavy atom. The van der Waals surface area contributed by atoms with Crippen molar-refractivity contribution in [2.45, 2.75) is 13.0 Å². The lowest BCUT2D eigenvalue weighted by atomic mass is 10.1. The van der Waals surface area contributed by atoms with E-state index in [0.717, 1.165) is 15.8 Å². The smallest absolute Gasteiger partial charge is 0.338 e. The van der Waals surface area contributed by atoms with Crippen LogP contribution < -0.4 is 4.74 Å². The molecule has 0 radical (unpaired) electrons. The molecular formula is C19H15BrO4. The van der Waals surface area contributed by atoms with Crippen molar-refractivity contribution in [3.8, 4) is 5.75 Å². The lowest BCUT2D eigenvalue weighted by Gasteiger charge is -2.18. The Kier molecular flexibility index (Phi) is 4.81. The number of halogens is 1. The zero-order valence-corrected chi connectivity index (χ0v) is 14.6. The van der Waals surface area contributed by atoms with Gasteiger partial charge in [0.15, 0.2) is 6.10 Å². The highest BCUT2D eigenvalue weighted by Gasteiger charge is 2.24. The van der Waals surface area contributed by atoms with Gasteiger partial charge in [-0.25, -0.2) is 4.79 Å². The fraction of sp³-hybridized carbons (Fsp3) is 0.158. The first kappa shape index (κ1) is 16.5. The van der Waals surface area contributed by atoms with Crippen LogP contribution in [0, 0.1) is 0 Å². The van der Waals surface area contributed by atoms with Gasteiger partial charge in [-0.3, -0.25) is 4.79 Å². The number of carbonyl (C=O) groups is 2. The molecule has 1 heterocycles. The van der Waals surface area contributed by atoms with Crippen molar-refractivity contribution in [1.82, 2.24) is 0 Å². The van der Waals surface area contributed by atoms with Gasteiger partial charge in [-0.15, -0.1) is 0 Å². The van der Waals surface area contributed by atoms with E-state index in [1.165, 1.54) is 0 Å². The number of esters is 1. The highest BCUT2D eigenvalue weighted by atomic mass is 79.9. The maximum Gasteiger partial charge on any atom is 0.338 e. The quantitative estimate of drug-likeness (QED) is 0.587. The number of rotatable bonds is 4. The zero-order chi connectivity index (χ0) is 17.1. The standard InChI is InChI=1S/C19H15BrO4/c1-12(18(21)13-6-8-16(20)9-7-13)24-19(22)15-10-14-4-2-3-5-17(14)23-11-15/h2-10,12H,11H2,1H3/t12-/m1/s1. The van der Waals surface area contributed by atoms with Crippen molar-refractivity contribution >= 4 is 33.8 Å². The van der Waals surface area contributed by atoms with Crippen LogP contribution in [-0.4, -0.2) is 24.5 Å². The minimum atomic E-state index is -0.864. The average Bonchev–Trinajstić information content (AvgIpc) is 2.61. The lowest BCUT2D eigenvalue weighted by molar-refractivity contribution is -0.141. The zero-order valence-electron chi connectivity index (χ0n) is 13.0. The molecule has 0 aliphatic carbocycles. The largest absolute Gasteiger partial charge is 0.488 e. The van der Waals surface area contributed by atoms with Crippen molar-refractivity contribution in [2.75, 3.05) is 6.61 Å². The predicted octanol–water partition coefficient (Wildman–Crippen LogP) is 4.04. The van der Waals surface area contributed by atoms with Gasteiger partial charge in [-0.2, -0.15) is 0 Å². The maximum absolute atomic E-state index is 12.3. The van der Waals surface area contributed by atoms with Gasteiger partial charge in [0.2, 0.25) is 5.78 Å². The molecule has 2 aromatic carbocycles. The Balaban J connectivity index is 1.69. The van der Waals surface area contributed by atoms with Crippen LogP contribution >= 0.6 is 15.9 Å². The van der Waals surface area contributed by atoms with Crippen molar-refractivity contribution in [3.63, 3.8) is 0 Å². The van der Waals surface area contributed by atoms with Crippen LogP contribution in [0.25, 0.3) is 6.08 Å². The molecule has 0 fully saturated rings. The van der Waals surface area contributed by atoms with Crippen molar-refractivity contribution in [2.24, 2.45) is 0 Å². The van der Waals surface area contributed by atoms with Crippen LogP contribution in [0.1, 0.15) is 22.8 Å². The summed E-state index contributed by atoms with van der Waals surface area (Å²) in [5.74, 6) is -0.0518. The molecule has 0 saturated heterocycles. The molecule has 0 unspecified atom stereocenters. The number of ketones is 1. The van der Waals surface area contributed by atoms with Gasteiger partial charge in [-0.05, 0) is 31.2 Å². The molecular weight excluding hydrogens is 372 g/mol. The molecule has 3 rings (SSSR count). The summed E-state index contributed by atoms with van der Waals surface area (Å²) in [4.78, 5) is 24.6. The van der Waals surface area contributed by atoms with Crippen LogP contribution in [0.15, 0.2) is 58.6 Å². The van der Waals surface area contributed by atoms with E-state index in [1.54, 1.807) is 37.3 Å². The topological polar surface area (TPSA) is 52.6 Å². The molecule has 0 N–H and O–H groups in total. The Hall–Kier alpha value is -2.40. The van der Waals surface area contributed by atoms with Crippen molar-refractivity contribution in [3.05, 3.63) is 69.7 Å². The Morgan fingerprint density at radius 1 is 1.12 bits per heavy atom. The second-order valence-corrected chi connectivity index (χ2v) is 6.33. The fourth-order valence-electron chi connectivity index (χ4n) is 2.37. The van der Waals surface area contributed by atoms with E-state index < -0.39 is 12.1 Å². The molecule has 1 atom stereocenters. The molecule has 4 nitrogen and oxygen atoms in total. The van der Waals surface area contributed by atoms with E-state index in [4.69, 9.17) is 9.47 Å². The van der Waals surface area contributed by atoms with E-state index in [0.29, 0.717) is 11.1 Å². The summed E-state index contributed by atoms with van der Waals surface area (Å²) < 4.78 is 11.7. The molecule has 24 heavy (non-hydrogen) atoms. The van der Waals surface area contributed by atoms with E-state index in [-0.39, 0.29) is 12.4 Å². The summed E-state index contributed by atoms with van der Waals surface area (Å²) >= 11 is 3.32. The summed E-state index contributed by atoms with van der Waals surface area (Å²) in [6.45, 7) is 1.70. The minimum absolute atomic E-state index is 0.134. The number of benzene rings is 2. The van der Waals surface area contributed by atoms with Gasteiger partial charge in [-0.1, -0.05) is 46.3 Å². The van der Waals surface area contributed by atoms with E-state index in [2.05, 4.69) is 15.9 Å². The number of para-hydroxylation sites is 1. The van der Waals surface area contributed by atoms with Crippen LogP contribution in [0.3, 0.4) is 0 Å². The maximum atomic E-state index is 12.3. The number of ether oxygens (including phenoxy) is 2. The second-order valence-electron chi connectivity index (χ2n) is 5.41. The molecule has 1 aliphatic heterocycles. The van der Waals surface area contributed by atoms with Gasteiger partial charge in [0.25, 0.3) is 0 Å². The molecule has 0 saturated carbocycles. The van der Waals surface area contributed by atoms with E-state index in [1.807, 2.05) is 24.3 Å². The minimum Gasteiger partial charge on any atom is -0.488 e. The lowest BCUT2D eigenvalue weighted by Crippen LogP contribution is -2.27. The normalized spacial score (nSPS) is 14.0. The third-order valence-electron chi connectivity index (χ3n) is 3.68. The van der Waals surface area contributed by atoms with E-state index in [9.17, 15) is 9.59 Å². The molecule has 0 amide bonds. The fourth-order valence-corrected chi connectivity index (χ4v) is 2.64. The summed E-state index contributed by atoms with van der Waals surface area (Å²) in [5.41, 5.74) is 1.71. The average molecular weight is 387 g/mol. The highest BCUT2D eigenvalue weighted by molar-refractivity contribution is 9.10. The molecule has 0 spiro atoms. The van der Waals surface area contributed by atoms with Crippen LogP contribution in [-0.2, 0) is 9.53 Å². The van der Waals surface area contributed by atoms with Gasteiger partial charge in [0.1, 0.15) is 12.4 Å². The molecule has 0 aromatic heterocycles. The van der Waals surface area contributed by atoms with Crippen LogP contribution in [0.2, 0.25) is 0 Å². The van der Waals surface area contributed by atoms with Gasteiger partial charge < -0.3 is 9.47 Å². The van der Waals surface area contributed by atoms with E-state index >= 15 is 0 Å². The Bertz CT molecular complexity index is 808. The molecule has 1 aliphatic rings. The van der Waals surface area contributed by atoms with Gasteiger partial charge in [0, 0.05) is 15.6 Å². The third-order valence-corrected chi connectivity index (χ3v) is 4.20. The number of fused-ring (bicyclic) bond motifs is 1. The molecule has 5 heteroatoms. The second kappa shape index (κ2) is 7.01. The number of hydrogen-bond acceptors (Lipinski definition) is 4. The summed E-state index contributed by atoms with van der Waals surface area (Å²) in [7, 11) is 0. The third kappa shape index (κ3) is 3.57. The number of Topliss-reactive ketones (excluding diaryl/α,β-unsaturated/α-hetero) is 1. The SMILES string of the molecule is C[C@@H](OC(=O)C1=Cc2ccccc2OC1)C(=O)c1ccc(Br)cc1. The summed E-state index contributed by atoms with van der Waals surface area (Å²) in [6.07, 6.45) is 0.870. The number of hydrogen-bond donors (Lipinski definition) is 0. The molecule has 0 bridgehead atoms. The summed E-state index contributed by atoms with van der Waals surface area (Å²) in [5, 5.41) is 0. The Morgan fingerprint density at radius 3 is 2.58 bits per heavy atom. The van der Waals surface area contributed by atoms with Gasteiger partial charge in [0.05, 0.1) is 5.57 Å². The first-order valence-electron chi connectivity index (χ1n) is 7.48. The van der Waals surface area contributed by atoms with Crippen LogP contribution in [0.4, 0.5) is 0 Å². The first-order valence-corrected chi connectivity index (χ1v) is 8.27. The first-order chi connectivity index (χ1) is 11.5. The number of carbonyl (C=O) groups excluding carboxylic acids is 2. The van der Waals surface area contributed by atoms with Crippen molar-refractivity contribution in [1.29, 1.82) is 0 Å². The monoisotopic (exact) mass is 386 g/mol. The molecule has 2 aromatic rings. The summed E-state index contributed by atoms with van der Waals surface area (Å²) in [6, 6.07) is 14.4. The molecule has 122 valence electrons. The van der Waals surface area contributed by atoms with Crippen LogP contribution in [0.5, 0.6) is 5.75 Å². The predicted molar refractivity (Wildman–Crippen MR) is 93.9 cm³/mol. The van der Waals surface area contributed by atoms with Gasteiger partial charge >= 0.3 is 5.97 Å². The van der Waals surface area contributed by atoms with Crippen molar-refractivity contribution < 1.29 is 19.1 Å². The Labute approximate surface area is 148 Å². The highest BCUT2D eigenvalue weighted by Crippen LogP contribution is 2.26.